The molecule has 0 bridgehead atoms. The fourth-order valence-corrected chi connectivity index (χ4v) is 2.21. The minimum atomic E-state index is -0.209. The number of hydrogen-bond acceptors (Lipinski definition) is 3. The van der Waals surface area contributed by atoms with Gasteiger partial charge in [-0.15, -0.1) is 0 Å². The molecule has 1 aromatic heterocycles. The zero-order valence-corrected chi connectivity index (χ0v) is 11.7. The summed E-state index contributed by atoms with van der Waals surface area (Å²) >= 11 is 0. The van der Waals surface area contributed by atoms with E-state index in [9.17, 15) is 4.79 Å². The molecule has 2 aromatic carbocycles. The van der Waals surface area contributed by atoms with E-state index in [1.54, 1.807) is 0 Å². The third kappa shape index (κ3) is 2.97. The quantitative estimate of drug-likeness (QED) is 0.593. The molecule has 0 atom stereocenters. The molecule has 1 heterocycles. The highest BCUT2D eigenvalue weighted by atomic mass is 16.1. The molecular weight excluding hydrogens is 264 g/mol. The van der Waals surface area contributed by atoms with Crippen molar-refractivity contribution in [2.75, 3.05) is 10.6 Å². The van der Waals surface area contributed by atoms with Crippen molar-refractivity contribution in [2.24, 2.45) is 0 Å². The summed E-state index contributed by atoms with van der Waals surface area (Å²) in [6.45, 7) is 6.00. The molecule has 0 radical (unpaired) electrons. The van der Waals surface area contributed by atoms with Crippen LogP contribution in [0.3, 0.4) is 0 Å². The highest BCUT2D eigenvalue weighted by Crippen LogP contribution is 2.17. The lowest BCUT2D eigenvalue weighted by Crippen LogP contribution is -2.08. The Bertz CT molecular complexity index is 860. The fraction of sp³-hybridized carbons (Fsp3) is 0.0625. The first kappa shape index (κ1) is 13.1. The molecule has 3 aromatic rings. The smallest absolute Gasteiger partial charge is 0.323 e. The number of nitrogens with one attached hydrogen (secondary N) is 4. The maximum absolute atomic E-state index is 11.2. The third-order valence-corrected chi connectivity index (χ3v) is 3.12. The Labute approximate surface area is 121 Å². The largest absolute Gasteiger partial charge is 0.342 e. The van der Waals surface area contributed by atoms with Gasteiger partial charge in [0.2, 0.25) is 0 Å². The van der Waals surface area contributed by atoms with Gasteiger partial charge in [-0.2, -0.15) is 0 Å². The van der Waals surface area contributed by atoms with Gasteiger partial charge >= 0.3 is 5.69 Å². The number of fused-ring (bicyclic) bond motifs is 1. The van der Waals surface area contributed by atoms with E-state index in [4.69, 9.17) is 0 Å². The van der Waals surface area contributed by atoms with Gasteiger partial charge < -0.3 is 20.6 Å². The van der Waals surface area contributed by atoms with Gasteiger partial charge in [0.05, 0.1) is 11.0 Å². The van der Waals surface area contributed by atoms with Crippen LogP contribution in [0.1, 0.15) is 5.56 Å². The summed E-state index contributed by atoms with van der Waals surface area (Å²) in [5, 5.41) is 6.37. The van der Waals surface area contributed by atoms with Gasteiger partial charge in [0, 0.05) is 11.4 Å². The molecule has 0 amide bonds. The molecule has 0 saturated carbocycles. The van der Waals surface area contributed by atoms with Crippen LogP contribution < -0.4 is 16.3 Å². The van der Waals surface area contributed by atoms with Crippen molar-refractivity contribution >= 4 is 22.4 Å². The van der Waals surface area contributed by atoms with Gasteiger partial charge in [0.15, 0.2) is 0 Å². The highest BCUT2D eigenvalue weighted by molar-refractivity contribution is 5.79. The predicted molar refractivity (Wildman–Crippen MR) is 86.5 cm³/mol. The summed E-state index contributed by atoms with van der Waals surface area (Å²) in [4.78, 5) is 16.7. The second-order valence-corrected chi connectivity index (χ2v) is 4.94. The SMILES string of the molecule is C=C(Nc1cccc(C)c1)Nc1ccc2[nH]c(=O)[nH]c2c1. The van der Waals surface area contributed by atoms with Crippen LogP contribution in [0.5, 0.6) is 0 Å². The molecule has 0 fully saturated rings. The normalized spacial score (nSPS) is 10.5. The Hall–Kier alpha value is -2.95. The maximum atomic E-state index is 11.2. The molecule has 4 N–H and O–H groups in total. The maximum Gasteiger partial charge on any atom is 0.323 e. The summed E-state index contributed by atoms with van der Waals surface area (Å²) in [5.41, 5.74) is 4.33. The van der Waals surface area contributed by atoms with E-state index in [-0.39, 0.29) is 5.69 Å². The molecule has 106 valence electrons. The van der Waals surface area contributed by atoms with Gasteiger partial charge in [0.25, 0.3) is 0 Å². The molecule has 5 nitrogen and oxygen atoms in total. The van der Waals surface area contributed by atoms with Gasteiger partial charge in [-0.1, -0.05) is 18.7 Å². The van der Waals surface area contributed by atoms with Crippen molar-refractivity contribution in [1.29, 1.82) is 0 Å². The average Bonchev–Trinajstić information content (AvgIpc) is 2.78. The second kappa shape index (κ2) is 5.20. The average molecular weight is 280 g/mol. The number of H-pyrrole nitrogens is 2. The Balaban J connectivity index is 1.75. The lowest BCUT2D eigenvalue weighted by Gasteiger charge is -2.12. The molecule has 0 aliphatic heterocycles. The Morgan fingerprint density at radius 1 is 1.00 bits per heavy atom. The fourth-order valence-electron chi connectivity index (χ4n) is 2.21. The summed E-state index contributed by atoms with van der Waals surface area (Å²) in [7, 11) is 0. The molecule has 3 rings (SSSR count). The van der Waals surface area contributed by atoms with Gasteiger partial charge in [-0.05, 0) is 42.8 Å². The minimum absolute atomic E-state index is 0.209. The number of anilines is 2. The van der Waals surface area contributed by atoms with Crippen molar-refractivity contribution in [3.8, 4) is 0 Å². The number of rotatable bonds is 4. The summed E-state index contributed by atoms with van der Waals surface area (Å²) < 4.78 is 0. The van der Waals surface area contributed by atoms with Gasteiger partial charge in [-0.25, -0.2) is 4.79 Å². The highest BCUT2D eigenvalue weighted by Gasteiger charge is 2.01. The molecule has 0 aliphatic carbocycles. The zero-order chi connectivity index (χ0) is 14.8. The predicted octanol–water partition coefficient (Wildman–Crippen LogP) is 3.16. The first-order valence-electron chi connectivity index (χ1n) is 6.62. The molecule has 0 aliphatic rings. The first-order valence-corrected chi connectivity index (χ1v) is 6.62. The number of aryl methyl sites for hydroxylation is 1. The van der Waals surface area contributed by atoms with E-state index in [1.165, 1.54) is 5.56 Å². The zero-order valence-electron chi connectivity index (χ0n) is 11.7. The van der Waals surface area contributed by atoms with Crippen molar-refractivity contribution in [2.45, 2.75) is 6.92 Å². The van der Waals surface area contributed by atoms with E-state index in [0.29, 0.717) is 5.82 Å². The number of aromatic amines is 2. The number of imidazole rings is 1. The van der Waals surface area contributed by atoms with Crippen LogP contribution in [0.2, 0.25) is 0 Å². The van der Waals surface area contributed by atoms with E-state index < -0.39 is 0 Å². The van der Waals surface area contributed by atoms with Crippen molar-refractivity contribution in [3.05, 3.63) is 70.9 Å². The van der Waals surface area contributed by atoms with E-state index >= 15 is 0 Å². The van der Waals surface area contributed by atoms with Crippen molar-refractivity contribution in [3.63, 3.8) is 0 Å². The van der Waals surface area contributed by atoms with Crippen molar-refractivity contribution in [1.82, 2.24) is 9.97 Å². The molecule has 0 spiro atoms. The summed E-state index contributed by atoms with van der Waals surface area (Å²) in [6, 6.07) is 13.6. The van der Waals surface area contributed by atoms with Crippen LogP contribution in [-0.2, 0) is 0 Å². The van der Waals surface area contributed by atoms with E-state index in [2.05, 4.69) is 27.2 Å². The third-order valence-electron chi connectivity index (χ3n) is 3.12. The van der Waals surface area contributed by atoms with Crippen LogP contribution in [0.25, 0.3) is 11.0 Å². The molecular formula is C16H16N4O. The van der Waals surface area contributed by atoms with Crippen molar-refractivity contribution < 1.29 is 0 Å². The van der Waals surface area contributed by atoms with Crippen LogP contribution in [-0.4, -0.2) is 9.97 Å². The summed E-state index contributed by atoms with van der Waals surface area (Å²) in [5.74, 6) is 0.665. The number of hydrogen-bond donors (Lipinski definition) is 4. The van der Waals surface area contributed by atoms with Crippen LogP contribution in [0.4, 0.5) is 11.4 Å². The minimum Gasteiger partial charge on any atom is -0.342 e. The van der Waals surface area contributed by atoms with Gasteiger partial charge in [-0.3, -0.25) is 0 Å². The monoisotopic (exact) mass is 280 g/mol. The lowest BCUT2D eigenvalue weighted by molar-refractivity contribution is 1.21. The van der Waals surface area contributed by atoms with Crippen LogP contribution in [0.15, 0.2) is 59.7 Å². The molecule has 21 heavy (non-hydrogen) atoms. The number of benzene rings is 2. The first-order chi connectivity index (χ1) is 10.1. The molecule has 0 saturated heterocycles. The lowest BCUT2D eigenvalue weighted by atomic mass is 10.2. The number of aromatic nitrogens is 2. The van der Waals surface area contributed by atoms with Crippen LogP contribution >= 0.6 is 0 Å². The summed E-state index contributed by atoms with van der Waals surface area (Å²) in [6.07, 6.45) is 0. The molecule has 5 heteroatoms. The van der Waals surface area contributed by atoms with E-state index in [0.717, 1.165) is 22.4 Å². The molecule has 0 unspecified atom stereocenters. The standard InChI is InChI=1S/C16H16N4O/c1-10-4-3-5-12(8-10)17-11(2)18-13-6-7-14-15(9-13)20-16(21)19-14/h3-9,17-18H,2H2,1H3,(H2,19,20,21). The Kier molecular flexibility index (Phi) is 3.23. The second-order valence-electron chi connectivity index (χ2n) is 4.94. The van der Waals surface area contributed by atoms with Crippen LogP contribution in [0, 0.1) is 6.92 Å². The van der Waals surface area contributed by atoms with Gasteiger partial charge in [0.1, 0.15) is 5.82 Å². The Morgan fingerprint density at radius 3 is 2.48 bits per heavy atom. The Morgan fingerprint density at radius 2 is 1.71 bits per heavy atom. The van der Waals surface area contributed by atoms with E-state index in [1.807, 2.05) is 49.4 Å². The topological polar surface area (TPSA) is 72.7 Å².